The van der Waals surface area contributed by atoms with Crippen molar-refractivity contribution in [2.24, 2.45) is 0 Å². The van der Waals surface area contributed by atoms with Gasteiger partial charge in [-0.25, -0.2) is 14.4 Å². The maximum absolute atomic E-state index is 12.1. The lowest BCUT2D eigenvalue weighted by atomic mass is 10.0. The first-order valence-electron chi connectivity index (χ1n) is 8.65. The predicted molar refractivity (Wildman–Crippen MR) is 97.2 cm³/mol. The number of hydrogen-bond donors (Lipinski definition) is 2. The van der Waals surface area contributed by atoms with Gasteiger partial charge in [0.2, 0.25) is 0 Å². The highest BCUT2D eigenvalue weighted by molar-refractivity contribution is 5.94. The van der Waals surface area contributed by atoms with E-state index in [4.69, 9.17) is 14.2 Å². The van der Waals surface area contributed by atoms with E-state index >= 15 is 0 Å². The van der Waals surface area contributed by atoms with Crippen molar-refractivity contribution in [3.05, 3.63) is 40.6 Å². The summed E-state index contributed by atoms with van der Waals surface area (Å²) in [5, 5.41) is 5.06. The van der Waals surface area contributed by atoms with Crippen LogP contribution in [0.15, 0.2) is 29.5 Å². The summed E-state index contributed by atoms with van der Waals surface area (Å²) in [7, 11) is 0. The van der Waals surface area contributed by atoms with Gasteiger partial charge in [-0.15, -0.1) is 0 Å². The lowest BCUT2D eigenvalue weighted by Gasteiger charge is -2.26. The van der Waals surface area contributed by atoms with E-state index in [1.54, 1.807) is 19.9 Å². The van der Waals surface area contributed by atoms with Gasteiger partial charge in [0.25, 0.3) is 0 Å². The molecule has 1 atom stereocenters. The van der Waals surface area contributed by atoms with Crippen LogP contribution in [0, 0.1) is 13.8 Å². The minimum atomic E-state index is -0.618. The maximum Gasteiger partial charge on any atom is 0.344 e. The van der Waals surface area contributed by atoms with Gasteiger partial charge in [-0.05, 0) is 44.9 Å². The first-order chi connectivity index (χ1) is 12.8. The topological polar surface area (TPSA) is 103 Å². The van der Waals surface area contributed by atoms with Crippen LogP contribution in [0.4, 0.5) is 4.79 Å². The van der Waals surface area contributed by atoms with Gasteiger partial charge >= 0.3 is 18.0 Å². The van der Waals surface area contributed by atoms with Crippen LogP contribution in [0.1, 0.15) is 25.0 Å². The van der Waals surface area contributed by atoms with Crippen molar-refractivity contribution in [2.45, 2.75) is 33.7 Å². The minimum Gasteiger partial charge on any atom is -0.482 e. The van der Waals surface area contributed by atoms with E-state index in [0.717, 1.165) is 11.1 Å². The molecule has 0 unspecified atom stereocenters. The molecule has 0 aliphatic carbocycles. The van der Waals surface area contributed by atoms with Gasteiger partial charge in [-0.2, -0.15) is 0 Å². The standard InChI is InChI=1S/C19H24N2O6/c1-5-25-18(23)17-13(4)20-19(24)21-14(17)9-27-16(22)10-26-15-8-6-7-11(2)12(15)3/h6-8,13H,5,9-10H2,1-4H3,(H2,20,21,24)/t13-/m0/s1. The first kappa shape index (κ1) is 20.3. The number of urea groups is 1. The van der Waals surface area contributed by atoms with E-state index in [1.165, 1.54) is 0 Å². The fourth-order valence-corrected chi connectivity index (χ4v) is 2.60. The smallest absolute Gasteiger partial charge is 0.344 e. The summed E-state index contributed by atoms with van der Waals surface area (Å²) >= 11 is 0. The zero-order valence-electron chi connectivity index (χ0n) is 15.9. The number of ether oxygens (including phenoxy) is 3. The molecule has 8 nitrogen and oxygen atoms in total. The van der Waals surface area contributed by atoms with Crippen molar-refractivity contribution < 1.29 is 28.6 Å². The van der Waals surface area contributed by atoms with Crippen LogP contribution in [0.2, 0.25) is 0 Å². The van der Waals surface area contributed by atoms with Crippen LogP contribution in [-0.4, -0.2) is 43.8 Å². The molecule has 1 aliphatic rings. The van der Waals surface area contributed by atoms with E-state index in [1.807, 2.05) is 26.0 Å². The van der Waals surface area contributed by atoms with Gasteiger partial charge in [-0.1, -0.05) is 12.1 Å². The van der Waals surface area contributed by atoms with Crippen LogP contribution >= 0.6 is 0 Å². The molecule has 1 aromatic rings. The fraction of sp³-hybridized carbons (Fsp3) is 0.421. The highest BCUT2D eigenvalue weighted by Crippen LogP contribution is 2.20. The molecule has 27 heavy (non-hydrogen) atoms. The number of hydrogen-bond acceptors (Lipinski definition) is 6. The number of carbonyl (C=O) groups excluding carboxylic acids is 3. The molecule has 2 amide bonds. The average Bonchev–Trinajstić information content (AvgIpc) is 2.60. The second-order valence-corrected chi connectivity index (χ2v) is 6.08. The van der Waals surface area contributed by atoms with Crippen LogP contribution < -0.4 is 15.4 Å². The fourth-order valence-electron chi connectivity index (χ4n) is 2.60. The Bertz CT molecular complexity index is 771. The molecule has 0 fully saturated rings. The Morgan fingerprint density at radius 1 is 1.19 bits per heavy atom. The van der Waals surface area contributed by atoms with E-state index in [9.17, 15) is 14.4 Å². The second-order valence-electron chi connectivity index (χ2n) is 6.08. The van der Waals surface area contributed by atoms with Crippen LogP contribution in [0.3, 0.4) is 0 Å². The van der Waals surface area contributed by atoms with E-state index < -0.39 is 24.0 Å². The summed E-state index contributed by atoms with van der Waals surface area (Å²) in [6.45, 7) is 6.83. The lowest BCUT2D eigenvalue weighted by Crippen LogP contribution is -2.50. The Balaban J connectivity index is 2.00. The maximum atomic E-state index is 12.1. The molecular weight excluding hydrogens is 352 g/mol. The summed E-state index contributed by atoms with van der Waals surface area (Å²) < 4.78 is 15.6. The number of esters is 2. The quantitative estimate of drug-likeness (QED) is 0.703. The summed E-state index contributed by atoms with van der Waals surface area (Å²) in [4.78, 5) is 35.8. The third-order valence-electron chi connectivity index (χ3n) is 4.14. The molecule has 1 aromatic carbocycles. The van der Waals surface area contributed by atoms with Gasteiger partial charge in [0.15, 0.2) is 6.61 Å². The molecule has 1 aliphatic heterocycles. The molecule has 8 heteroatoms. The summed E-state index contributed by atoms with van der Waals surface area (Å²) in [5.41, 5.74) is 2.41. The monoisotopic (exact) mass is 376 g/mol. The van der Waals surface area contributed by atoms with Gasteiger partial charge < -0.3 is 24.8 Å². The van der Waals surface area contributed by atoms with Crippen molar-refractivity contribution in [3.8, 4) is 5.75 Å². The normalized spacial score (nSPS) is 16.3. The Labute approximate surface area is 157 Å². The largest absolute Gasteiger partial charge is 0.482 e. The molecule has 0 radical (unpaired) electrons. The Kier molecular flexibility index (Phi) is 6.81. The molecule has 146 valence electrons. The molecular formula is C19H24N2O6. The summed E-state index contributed by atoms with van der Waals surface area (Å²) in [5.74, 6) is -0.593. The van der Waals surface area contributed by atoms with Crippen molar-refractivity contribution >= 4 is 18.0 Å². The van der Waals surface area contributed by atoms with E-state index in [2.05, 4.69) is 10.6 Å². The number of nitrogens with one attached hydrogen (secondary N) is 2. The van der Waals surface area contributed by atoms with Crippen molar-refractivity contribution in [1.82, 2.24) is 10.6 Å². The summed E-state index contributed by atoms with van der Waals surface area (Å²) in [6.07, 6.45) is 0. The molecule has 0 spiro atoms. The number of rotatable bonds is 7. The summed E-state index contributed by atoms with van der Waals surface area (Å²) in [6, 6.07) is 4.52. The highest BCUT2D eigenvalue weighted by Gasteiger charge is 2.30. The molecule has 0 bridgehead atoms. The van der Waals surface area contributed by atoms with Gasteiger partial charge in [-0.3, -0.25) is 0 Å². The molecule has 2 rings (SSSR count). The molecule has 2 N–H and O–H groups in total. The van der Waals surface area contributed by atoms with Crippen LogP contribution in [0.25, 0.3) is 0 Å². The predicted octanol–water partition coefficient (Wildman–Crippen LogP) is 1.74. The second kappa shape index (κ2) is 9.07. The molecule has 0 saturated carbocycles. The minimum absolute atomic E-state index is 0.194. The number of aryl methyl sites for hydroxylation is 1. The number of carbonyl (C=O) groups is 3. The van der Waals surface area contributed by atoms with Crippen LogP contribution in [-0.2, 0) is 19.1 Å². The third kappa shape index (κ3) is 5.22. The van der Waals surface area contributed by atoms with E-state index in [-0.39, 0.29) is 31.1 Å². The molecule has 0 saturated heterocycles. The number of amides is 2. The highest BCUT2D eigenvalue weighted by atomic mass is 16.6. The third-order valence-corrected chi connectivity index (χ3v) is 4.14. The molecule has 0 aromatic heterocycles. The van der Waals surface area contributed by atoms with Crippen molar-refractivity contribution in [1.29, 1.82) is 0 Å². The Morgan fingerprint density at radius 2 is 1.93 bits per heavy atom. The molecule has 1 heterocycles. The SMILES string of the molecule is CCOC(=O)C1=C(COC(=O)COc2cccc(C)c2C)NC(=O)N[C@H]1C. The Morgan fingerprint density at radius 3 is 2.63 bits per heavy atom. The Hall–Kier alpha value is -3.03. The zero-order valence-corrected chi connectivity index (χ0v) is 15.9. The van der Waals surface area contributed by atoms with Gasteiger partial charge in [0, 0.05) is 0 Å². The van der Waals surface area contributed by atoms with Crippen LogP contribution in [0.5, 0.6) is 5.75 Å². The van der Waals surface area contributed by atoms with Gasteiger partial charge in [0.1, 0.15) is 12.4 Å². The van der Waals surface area contributed by atoms with Gasteiger partial charge in [0.05, 0.1) is 23.9 Å². The number of benzene rings is 1. The van der Waals surface area contributed by atoms with E-state index in [0.29, 0.717) is 5.75 Å². The first-order valence-corrected chi connectivity index (χ1v) is 8.65. The zero-order chi connectivity index (χ0) is 20.0. The van der Waals surface area contributed by atoms with Crippen molar-refractivity contribution in [2.75, 3.05) is 19.8 Å². The van der Waals surface area contributed by atoms with Crippen molar-refractivity contribution in [3.63, 3.8) is 0 Å². The lowest BCUT2D eigenvalue weighted by molar-refractivity contribution is -0.145. The average molecular weight is 376 g/mol.